The fourth-order valence-electron chi connectivity index (χ4n) is 1.51. The van der Waals surface area contributed by atoms with E-state index < -0.39 is 40.6 Å². The number of ether oxygens (including phenoxy) is 2. The summed E-state index contributed by atoms with van der Waals surface area (Å²) in [6.07, 6.45) is -0.723. The second kappa shape index (κ2) is 8.83. The third-order valence-corrected chi connectivity index (χ3v) is 3.20. The molecule has 0 unspecified atom stereocenters. The Balaban J connectivity index is 2.87. The number of oxime groups is 1. The van der Waals surface area contributed by atoms with E-state index in [0.717, 1.165) is 11.3 Å². The molecule has 1 radical (unpaired) electrons. The fourth-order valence-corrected chi connectivity index (χ4v) is 2.19. The SMILES string of the molecule is C=C(ON=C(C([NH])=O)c1csc(NC(=O)OC(C)(C)C)n1)C(=O)OC(C)(C)C. The van der Waals surface area contributed by atoms with Crippen LogP contribution in [0, 0.1) is 0 Å². The van der Waals surface area contributed by atoms with Crippen LogP contribution in [-0.4, -0.2) is 39.9 Å². The van der Waals surface area contributed by atoms with E-state index in [4.69, 9.17) is 20.0 Å². The Hall–Kier alpha value is -2.95. The van der Waals surface area contributed by atoms with Crippen LogP contribution in [0.1, 0.15) is 47.2 Å². The van der Waals surface area contributed by atoms with Gasteiger partial charge in [0, 0.05) is 5.38 Å². The van der Waals surface area contributed by atoms with Crippen molar-refractivity contribution in [2.75, 3.05) is 5.32 Å². The quantitative estimate of drug-likeness (QED) is 0.249. The molecule has 0 saturated heterocycles. The molecular formula is C17H23N4O6S. The number of rotatable bonds is 6. The summed E-state index contributed by atoms with van der Waals surface area (Å²) in [5.74, 6) is -2.53. The lowest BCUT2D eigenvalue weighted by Crippen LogP contribution is -2.27. The predicted molar refractivity (Wildman–Crippen MR) is 103 cm³/mol. The average molecular weight is 411 g/mol. The first-order valence-electron chi connectivity index (χ1n) is 8.07. The van der Waals surface area contributed by atoms with Gasteiger partial charge in [0.25, 0.3) is 5.91 Å². The van der Waals surface area contributed by atoms with Gasteiger partial charge in [-0.25, -0.2) is 14.6 Å². The molecule has 1 rings (SSSR count). The second-order valence-corrected chi connectivity index (χ2v) is 8.31. The van der Waals surface area contributed by atoms with Crippen LogP contribution in [0.25, 0.3) is 0 Å². The van der Waals surface area contributed by atoms with Gasteiger partial charge in [-0.3, -0.25) is 15.8 Å². The van der Waals surface area contributed by atoms with Crippen LogP contribution in [0.3, 0.4) is 0 Å². The highest BCUT2D eigenvalue weighted by atomic mass is 32.1. The number of hydrogen-bond donors (Lipinski definition) is 1. The van der Waals surface area contributed by atoms with E-state index in [2.05, 4.69) is 22.0 Å². The van der Waals surface area contributed by atoms with Crippen LogP contribution >= 0.6 is 11.3 Å². The molecule has 1 aromatic rings. The Morgan fingerprint density at radius 1 is 1.14 bits per heavy atom. The number of carbonyl (C=O) groups excluding carboxylic acids is 3. The minimum Gasteiger partial charge on any atom is -0.454 e. The van der Waals surface area contributed by atoms with Crippen LogP contribution in [0.2, 0.25) is 0 Å². The standard InChI is InChI=1S/C17H23N4O6S/c1-9(13(23)25-16(2,3)4)27-21-11(12(18)22)10-8-28-14(19-10)20-15(24)26-17(5,6)7/h8,18H,1H2,2-7H3,(H,19,20,24). The number of thiazole rings is 1. The first kappa shape index (κ1) is 23.1. The highest BCUT2D eigenvalue weighted by Crippen LogP contribution is 2.18. The van der Waals surface area contributed by atoms with Crippen molar-refractivity contribution in [1.82, 2.24) is 10.7 Å². The Bertz CT molecular complexity index is 801. The summed E-state index contributed by atoms with van der Waals surface area (Å²) in [6, 6.07) is 0. The molecule has 0 aliphatic heterocycles. The molecule has 28 heavy (non-hydrogen) atoms. The van der Waals surface area contributed by atoms with Crippen LogP contribution in [0.5, 0.6) is 0 Å². The van der Waals surface area contributed by atoms with Crippen LogP contribution < -0.4 is 11.1 Å². The van der Waals surface area contributed by atoms with Crippen molar-refractivity contribution < 1.29 is 28.7 Å². The lowest BCUT2D eigenvalue weighted by atomic mass is 10.2. The van der Waals surface area contributed by atoms with Crippen LogP contribution in [0.4, 0.5) is 9.93 Å². The Morgan fingerprint density at radius 2 is 1.71 bits per heavy atom. The summed E-state index contributed by atoms with van der Waals surface area (Å²) in [5, 5.41) is 7.40. The molecular weight excluding hydrogens is 388 g/mol. The third-order valence-electron chi connectivity index (χ3n) is 2.44. The number of aromatic nitrogens is 1. The van der Waals surface area contributed by atoms with Gasteiger partial charge in [-0.1, -0.05) is 5.16 Å². The highest BCUT2D eigenvalue weighted by Gasteiger charge is 2.23. The number of nitrogens with one attached hydrogen (secondary N) is 2. The molecule has 11 heteroatoms. The zero-order chi connectivity index (χ0) is 21.7. The Kier molecular flexibility index (Phi) is 7.28. The molecule has 1 aromatic heterocycles. The largest absolute Gasteiger partial charge is 0.454 e. The van der Waals surface area contributed by atoms with Gasteiger partial charge in [-0.15, -0.1) is 11.3 Å². The second-order valence-electron chi connectivity index (χ2n) is 7.45. The minimum atomic E-state index is -1.20. The normalized spacial score (nSPS) is 12.1. The van der Waals surface area contributed by atoms with Gasteiger partial charge >= 0.3 is 12.1 Å². The zero-order valence-electron chi connectivity index (χ0n) is 16.5. The molecule has 153 valence electrons. The van der Waals surface area contributed by atoms with Crippen molar-refractivity contribution >= 4 is 40.1 Å². The van der Waals surface area contributed by atoms with E-state index in [1.54, 1.807) is 41.5 Å². The molecule has 0 atom stereocenters. The fraction of sp³-hybridized carbons (Fsp3) is 0.471. The number of carbonyl (C=O) groups is 3. The van der Waals surface area contributed by atoms with E-state index in [1.807, 2.05) is 0 Å². The van der Waals surface area contributed by atoms with Gasteiger partial charge in [-0.2, -0.15) is 0 Å². The van der Waals surface area contributed by atoms with Gasteiger partial charge < -0.3 is 14.3 Å². The summed E-state index contributed by atoms with van der Waals surface area (Å²) < 4.78 is 10.1. The van der Waals surface area contributed by atoms with Gasteiger partial charge in [-0.05, 0) is 48.1 Å². The summed E-state index contributed by atoms with van der Waals surface area (Å²) in [5.41, 5.74) is 5.34. The van der Waals surface area contributed by atoms with E-state index >= 15 is 0 Å². The highest BCUT2D eigenvalue weighted by molar-refractivity contribution is 7.14. The number of hydrogen-bond acceptors (Lipinski definition) is 9. The van der Waals surface area contributed by atoms with Crippen molar-refractivity contribution in [3.63, 3.8) is 0 Å². The van der Waals surface area contributed by atoms with Gasteiger partial charge in [0.15, 0.2) is 10.8 Å². The van der Waals surface area contributed by atoms with Crippen molar-refractivity contribution in [2.24, 2.45) is 5.16 Å². The monoisotopic (exact) mass is 411 g/mol. The van der Waals surface area contributed by atoms with E-state index in [9.17, 15) is 14.4 Å². The van der Waals surface area contributed by atoms with Crippen molar-refractivity contribution in [3.05, 3.63) is 23.4 Å². The lowest BCUT2D eigenvalue weighted by molar-refractivity contribution is -0.154. The van der Waals surface area contributed by atoms with Crippen molar-refractivity contribution in [2.45, 2.75) is 52.7 Å². The molecule has 10 nitrogen and oxygen atoms in total. The summed E-state index contributed by atoms with van der Waals surface area (Å²) in [7, 11) is 0. The van der Waals surface area contributed by atoms with Crippen LogP contribution in [-0.2, 0) is 23.9 Å². The molecule has 0 aliphatic carbocycles. The van der Waals surface area contributed by atoms with Crippen molar-refractivity contribution in [3.8, 4) is 0 Å². The number of nitrogens with zero attached hydrogens (tertiary/aromatic N) is 2. The first-order valence-corrected chi connectivity index (χ1v) is 8.95. The maximum absolute atomic E-state index is 11.8. The summed E-state index contributed by atoms with van der Waals surface area (Å²) >= 11 is 0.989. The van der Waals surface area contributed by atoms with Gasteiger partial charge in [0.1, 0.15) is 16.9 Å². The molecule has 1 heterocycles. The smallest absolute Gasteiger partial charge is 0.413 e. The molecule has 0 aliphatic rings. The zero-order valence-corrected chi connectivity index (χ0v) is 17.4. The topological polar surface area (TPSA) is 140 Å². The number of anilines is 1. The molecule has 2 amide bonds. The summed E-state index contributed by atoms with van der Waals surface area (Å²) in [6.45, 7) is 13.5. The first-order chi connectivity index (χ1) is 12.7. The Morgan fingerprint density at radius 3 is 2.21 bits per heavy atom. The molecule has 2 N–H and O–H groups in total. The average Bonchev–Trinajstić information content (AvgIpc) is 2.90. The molecule has 0 aromatic carbocycles. The van der Waals surface area contributed by atoms with Gasteiger partial charge in [0.2, 0.25) is 5.76 Å². The van der Waals surface area contributed by atoms with E-state index in [0.29, 0.717) is 0 Å². The van der Waals surface area contributed by atoms with Crippen LogP contribution in [0.15, 0.2) is 22.9 Å². The molecule has 0 bridgehead atoms. The predicted octanol–water partition coefficient (Wildman–Crippen LogP) is 2.88. The Labute approximate surface area is 166 Å². The third kappa shape index (κ3) is 8.16. The number of amides is 2. The number of esters is 1. The minimum absolute atomic E-state index is 0.0203. The maximum Gasteiger partial charge on any atom is 0.413 e. The summed E-state index contributed by atoms with van der Waals surface area (Å²) in [4.78, 5) is 43.9. The van der Waals surface area contributed by atoms with Crippen molar-refractivity contribution in [1.29, 1.82) is 0 Å². The molecule has 0 spiro atoms. The molecule has 0 fully saturated rings. The maximum atomic E-state index is 11.8. The van der Waals surface area contributed by atoms with E-state index in [1.165, 1.54) is 5.38 Å². The van der Waals surface area contributed by atoms with Gasteiger partial charge in [0.05, 0.1) is 0 Å². The lowest BCUT2D eigenvalue weighted by Gasteiger charge is -2.19. The van der Waals surface area contributed by atoms with E-state index in [-0.39, 0.29) is 10.8 Å². The molecule has 0 saturated carbocycles.